The highest BCUT2D eigenvalue weighted by Crippen LogP contribution is 2.48. The van der Waals surface area contributed by atoms with E-state index in [4.69, 9.17) is 18.9 Å². The summed E-state index contributed by atoms with van der Waals surface area (Å²) in [6.45, 7) is 7.42. The molecule has 1 heterocycles. The molecule has 1 aliphatic heterocycles. The Morgan fingerprint density at radius 2 is 1.79 bits per heavy atom. The van der Waals surface area contributed by atoms with Crippen LogP contribution in [0.3, 0.4) is 0 Å². The molecular weight excluding hydrogens is 426 g/mol. The molecule has 8 heteroatoms. The van der Waals surface area contributed by atoms with Crippen LogP contribution >= 0.6 is 0 Å². The summed E-state index contributed by atoms with van der Waals surface area (Å²) in [6, 6.07) is 5.22. The lowest BCUT2D eigenvalue weighted by Crippen LogP contribution is -2.43. The maximum atomic E-state index is 13.8. The third-order valence-corrected chi connectivity index (χ3v) is 6.07. The topological polar surface area (TPSA) is 100 Å². The molecule has 33 heavy (non-hydrogen) atoms. The summed E-state index contributed by atoms with van der Waals surface area (Å²) in [4.78, 5) is 39.6. The molecule has 1 aromatic rings. The van der Waals surface area contributed by atoms with Crippen molar-refractivity contribution >= 4 is 17.7 Å². The predicted molar refractivity (Wildman–Crippen MR) is 121 cm³/mol. The number of esters is 2. The van der Waals surface area contributed by atoms with Crippen molar-refractivity contribution in [3.05, 3.63) is 46.3 Å². The Hall–Kier alpha value is -3.29. The lowest BCUT2D eigenvalue weighted by Gasteiger charge is -2.38. The number of carbonyl (C=O) groups is 3. The first-order valence-electron chi connectivity index (χ1n) is 11.1. The number of hydrogen-bond donors (Lipinski definition) is 1. The van der Waals surface area contributed by atoms with Gasteiger partial charge in [-0.05, 0) is 51.3 Å². The van der Waals surface area contributed by atoms with Gasteiger partial charge in [0.25, 0.3) is 0 Å². The van der Waals surface area contributed by atoms with Crippen LogP contribution in [0.15, 0.2) is 40.7 Å². The van der Waals surface area contributed by atoms with Gasteiger partial charge in [-0.15, -0.1) is 0 Å². The average molecular weight is 458 g/mol. The van der Waals surface area contributed by atoms with Crippen LogP contribution in [0.2, 0.25) is 0 Å². The lowest BCUT2D eigenvalue weighted by atomic mass is 9.69. The number of dihydropyridines is 1. The second-order valence-electron chi connectivity index (χ2n) is 8.09. The standard InChI is InChI=1S/C25H31NO7/c1-7-32-24(28)19-13(3)11-17-22(23(19)27)21(20(14(4)26-17)25(29)33-8-2)16-12-15(30-5)9-10-18(16)31-6/h9-10,12-13,19,21,26H,7-8,11H2,1-6H3. The second-order valence-corrected chi connectivity index (χ2v) is 8.09. The minimum absolute atomic E-state index is 0.180. The highest BCUT2D eigenvalue weighted by molar-refractivity contribution is 6.12. The molecule has 3 unspecified atom stereocenters. The largest absolute Gasteiger partial charge is 0.497 e. The average Bonchev–Trinajstić information content (AvgIpc) is 2.77. The smallest absolute Gasteiger partial charge is 0.336 e. The Labute approximate surface area is 193 Å². The number of methoxy groups -OCH3 is 2. The highest BCUT2D eigenvalue weighted by atomic mass is 16.5. The quantitative estimate of drug-likeness (QED) is 0.492. The van der Waals surface area contributed by atoms with Crippen molar-refractivity contribution in [2.24, 2.45) is 11.8 Å². The zero-order chi connectivity index (χ0) is 24.3. The van der Waals surface area contributed by atoms with Gasteiger partial charge < -0.3 is 24.3 Å². The summed E-state index contributed by atoms with van der Waals surface area (Å²) >= 11 is 0. The Morgan fingerprint density at radius 1 is 1.09 bits per heavy atom. The molecule has 8 nitrogen and oxygen atoms in total. The van der Waals surface area contributed by atoms with Crippen molar-refractivity contribution in [1.82, 2.24) is 5.32 Å². The zero-order valence-corrected chi connectivity index (χ0v) is 19.9. The van der Waals surface area contributed by atoms with Gasteiger partial charge >= 0.3 is 11.9 Å². The van der Waals surface area contributed by atoms with E-state index in [1.165, 1.54) is 14.2 Å². The van der Waals surface area contributed by atoms with E-state index in [1.807, 2.05) is 6.92 Å². The first-order chi connectivity index (χ1) is 15.8. The van der Waals surface area contributed by atoms with Crippen LogP contribution in [-0.4, -0.2) is 45.2 Å². The molecule has 1 aliphatic carbocycles. The van der Waals surface area contributed by atoms with Gasteiger partial charge in [-0.1, -0.05) is 6.92 Å². The van der Waals surface area contributed by atoms with Crippen molar-refractivity contribution in [1.29, 1.82) is 0 Å². The molecule has 0 radical (unpaired) electrons. The molecule has 0 saturated carbocycles. The van der Waals surface area contributed by atoms with Crippen LogP contribution < -0.4 is 14.8 Å². The zero-order valence-electron chi connectivity index (χ0n) is 19.9. The van der Waals surface area contributed by atoms with Crippen molar-refractivity contribution in [3.8, 4) is 11.5 Å². The van der Waals surface area contributed by atoms with Crippen LogP contribution in [0.1, 0.15) is 45.6 Å². The summed E-state index contributed by atoms with van der Waals surface area (Å²) in [6.07, 6.45) is 0.459. The molecule has 0 bridgehead atoms. The number of hydrogen-bond acceptors (Lipinski definition) is 8. The van der Waals surface area contributed by atoms with Crippen molar-refractivity contribution in [2.75, 3.05) is 27.4 Å². The van der Waals surface area contributed by atoms with E-state index in [0.717, 1.165) is 0 Å². The fourth-order valence-electron chi connectivity index (χ4n) is 4.64. The van der Waals surface area contributed by atoms with Crippen LogP contribution in [-0.2, 0) is 23.9 Å². The minimum atomic E-state index is -0.952. The number of Topliss-reactive ketones (excluding diaryl/α,β-unsaturated/α-hetero) is 1. The molecule has 0 amide bonds. The third kappa shape index (κ3) is 4.47. The van der Waals surface area contributed by atoms with E-state index < -0.39 is 23.8 Å². The van der Waals surface area contributed by atoms with E-state index in [9.17, 15) is 14.4 Å². The molecule has 1 N–H and O–H groups in total. The normalized spacial score (nSPS) is 22.4. The number of benzene rings is 1. The van der Waals surface area contributed by atoms with Gasteiger partial charge in [-0.2, -0.15) is 0 Å². The minimum Gasteiger partial charge on any atom is -0.497 e. The molecule has 0 spiro atoms. The van der Waals surface area contributed by atoms with Crippen molar-refractivity contribution in [3.63, 3.8) is 0 Å². The number of rotatable bonds is 7. The van der Waals surface area contributed by atoms with E-state index in [-0.39, 0.29) is 24.9 Å². The maximum absolute atomic E-state index is 13.8. The molecule has 3 rings (SSSR count). The molecular formula is C25H31NO7. The van der Waals surface area contributed by atoms with Crippen molar-refractivity contribution < 1.29 is 33.3 Å². The van der Waals surface area contributed by atoms with Crippen LogP contribution in [0.4, 0.5) is 0 Å². The van der Waals surface area contributed by atoms with Gasteiger partial charge in [0.05, 0.1) is 38.9 Å². The molecule has 2 aliphatic rings. The second kappa shape index (κ2) is 10.1. The van der Waals surface area contributed by atoms with E-state index >= 15 is 0 Å². The SMILES string of the molecule is CCOC(=O)C1=C(C)NC2=C(C(=O)C(C(=O)OCC)C(C)C2)C1c1cc(OC)ccc1OC. The molecule has 1 aromatic carbocycles. The van der Waals surface area contributed by atoms with E-state index in [1.54, 1.807) is 39.0 Å². The summed E-state index contributed by atoms with van der Waals surface area (Å²) in [7, 11) is 3.06. The summed E-state index contributed by atoms with van der Waals surface area (Å²) in [5.74, 6) is -2.42. The Bertz CT molecular complexity index is 1020. The summed E-state index contributed by atoms with van der Waals surface area (Å²) in [5, 5.41) is 3.24. The summed E-state index contributed by atoms with van der Waals surface area (Å²) < 4.78 is 21.6. The summed E-state index contributed by atoms with van der Waals surface area (Å²) in [5.41, 5.74) is 2.52. The van der Waals surface area contributed by atoms with E-state index in [2.05, 4.69) is 5.32 Å². The van der Waals surface area contributed by atoms with Gasteiger partial charge in [0, 0.05) is 22.5 Å². The number of carbonyl (C=O) groups excluding carboxylic acids is 3. The van der Waals surface area contributed by atoms with Crippen LogP contribution in [0.25, 0.3) is 0 Å². The lowest BCUT2D eigenvalue weighted by molar-refractivity contribution is -0.153. The van der Waals surface area contributed by atoms with E-state index in [0.29, 0.717) is 46.0 Å². The van der Waals surface area contributed by atoms with Crippen LogP contribution in [0, 0.1) is 11.8 Å². The molecule has 0 fully saturated rings. The maximum Gasteiger partial charge on any atom is 0.336 e. The van der Waals surface area contributed by atoms with Gasteiger partial charge in [0.1, 0.15) is 17.4 Å². The number of nitrogens with one attached hydrogen (secondary N) is 1. The Balaban J connectivity index is 2.25. The monoisotopic (exact) mass is 457 g/mol. The van der Waals surface area contributed by atoms with Gasteiger partial charge in [0.2, 0.25) is 0 Å². The Kier molecular flexibility index (Phi) is 7.46. The number of ether oxygens (including phenoxy) is 4. The number of ketones is 1. The molecule has 3 atom stereocenters. The third-order valence-electron chi connectivity index (χ3n) is 6.07. The molecule has 178 valence electrons. The predicted octanol–water partition coefficient (Wildman–Crippen LogP) is 3.27. The first-order valence-corrected chi connectivity index (χ1v) is 11.1. The highest BCUT2D eigenvalue weighted by Gasteiger charge is 2.48. The van der Waals surface area contributed by atoms with Gasteiger partial charge in [0.15, 0.2) is 5.78 Å². The van der Waals surface area contributed by atoms with Crippen molar-refractivity contribution in [2.45, 2.75) is 40.0 Å². The molecule has 0 aromatic heterocycles. The van der Waals surface area contributed by atoms with Gasteiger partial charge in [-0.25, -0.2) is 4.79 Å². The Morgan fingerprint density at radius 3 is 2.39 bits per heavy atom. The fourth-order valence-corrected chi connectivity index (χ4v) is 4.64. The van der Waals surface area contributed by atoms with Gasteiger partial charge in [-0.3, -0.25) is 9.59 Å². The molecule has 0 saturated heterocycles. The first kappa shape index (κ1) is 24.4. The van der Waals surface area contributed by atoms with Crippen LogP contribution in [0.5, 0.6) is 11.5 Å². The fraction of sp³-hybridized carbons (Fsp3) is 0.480. The number of allylic oxidation sites excluding steroid dienone is 3.